The molecule has 2 N–H and O–H groups in total. The van der Waals surface area contributed by atoms with Crippen LogP contribution >= 0.6 is 0 Å². The van der Waals surface area contributed by atoms with Crippen LogP contribution in [0.15, 0.2) is 42.7 Å². The van der Waals surface area contributed by atoms with Crippen molar-refractivity contribution in [2.24, 2.45) is 0 Å². The van der Waals surface area contributed by atoms with Crippen molar-refractivity contribution in [2.45, 2.75) is 31.8 Å². The molecule has 3 heterocycles. The fourth-order valence-electron chi connectivity index (χ4n) is 3.84. The van der Waals surface area contributed by atoms with Crippen LogP contribution in [-0.4, -0.2) is 39.8 Å². The number of benzene rings is 1. The van der Waals surface area contributed by atoms with E-state index in [2.05, 4.69) is 10.4 Å². The second kappa shape index (κ2) is 7.79. The topological polar surface area (TPSA) is 69.9 Å². The van der Waals surface area contributed by atoms with Gasteiger partial charge in [-0.25, -0.2) is 13.3 Å². The third kappa shape index (κ3) is 3.67. The van der Waals surface area contributed by atoms with Gasteiger partial charge in [-0.1, -0.05) is 0 Å². The molecule has 0 saturated carbocycles. The van der Waals surface area contributed by atoms with Crippen molar-refractivity contribution < 1.29 is 18.7 Å². The van der Waals surface area contributed by atoms with Crippen molar-refractivity contribution in [3.63, 3.8) is 0 Å². The van der Waals surface area contributed by atoms with E-state index in [1.165, 1.54) is 12.3 Å². The largest absolute Gasteiger partial charge is 0.394 e. The average Bonchev–Trinajstić information content (AvgIpc) is 3.36. The highest BCUT2D eigenvalue weighted by Crippen LogP contribution is 2.38. The zero-order valence-electron chi connectivity index (χ0n) is 16.0. The summed E-state index contributed by atoms with van der Waals surface area (Å²) in [5, 5.41) is 16.1. The predicted molar refractivity (Wildman–Crippen MR) is 105 cm³/mol. The lowest BCUT2D eigenvalue weighted by Crippen LogP contribution is -2.34. The predicted octanol–water partition coefficient (Wildman–Crippen LogP) is 3.06. The van der Waals surface area contributed by atoms with E-state index < -0.39 is 11.6 Å². The van der Waals surface area contributed by atoms with Gasteiger partial charge in [-0.3, -0.25) is 4.79 Å². The Hall–Kier alpha value is -3.00. The van der Waals surface area contributed by atoms with E-state index in [9.17, 15) is 13.6 Å². The number of nitrogens with zero attached hydrogens (tertiary/aromatic N) is 3. The maximum atomic E-state index is 14.4. The fraction of sp³-hybridized carbons (Fsp3) is 0.333. The first kappa shape index (κ1) is 19.3. The number of rotatable bonds is 5. The Morgan fingerprint density at radius 2 is 2.17 bits per heavy atom. The summed E-state index contributed by atoms with van der Waals surface area (Å²) in [6, 6.07) is 6.57. The van der Waals surface area contributed by atoms with Crippen LogP contribution in [0.5, 0.6) is 0 Å². The number of carbonyl (C=O) groups is 1. The molecule has 0 bridgehead atoms. The van der Waals surface area contributed by atoms with Gasteiger partial charge in [0, 0.05) is 30.0 Å². The second-order valence-corrected chi connectivity index (χ2v) is 7.35. The molecule has 1 aromatic carbocycles. The number of aliphatic hydroxyl groups excluding tert-OH is 1. The highest BCUT2D eigenvalue weighted by molar-refractivity contribution is 6.01. The number of hydrogen-bond acceptors (Lipinski definition) is 4. The average molecular weight is 400 g/mol. The molecule has 0 radical (unpaired) electrons. The Kier molecular flexibility index (Phi) is 5.19. The summed E-state index contributed by atoms with van der Waals surface area (Å²) in [5.74, 6) is -1.21. The number of halogens is 2. The van der Waals surface area contributed by atoms with E-state index in [1.807, 2.05) is 17.0 Å². The lowest BCUT2D eigenvalue weighted by atomic mass is 10.0. The molecule has 152 valence electrons. The van der Waals surface area contributed by atoms with Gasteiger partial charge in [-0.15, -0.1) is 0 Å². The number of fused-ring (bicyclic) bond motifs is 1. The standard InChI is InChI=1S/C21H22F2N4O2/c1-13(12-28)25-21(29)17-11-24-27-8-6-15(10-20(17)27)26-7-2-3-19(26)16-9-14(22)4-5-18(16)23/h4-6,8-11,13,19,28H,2-3,7,12H2,1H3,(H,25,29)/t13-,19+/m0/s1. The van der Waals surface area contributed by atoms with E-state index in [1.54, 1.807) is 17.6 Å². The summed E-state index contributed by atoms with van der Waals surface area (Å²) in [6.45, 7) is 2.25. The Balaban J connectivity index is 1.69. The summed E-state index contributed by atoms with van der Waals surface area (Å²) < 4.78 is 29.7. The number of aliphatic hydroxyl groups is 1. The van der Waals surface area contributed by atoms with E-state index in [-0.39, 0.29) is 24.6 Å². The van der Waals surface area contributed by atoms with E-state index in [0.29, 0.717) is 29.6 Å². The molecular weight excluding hydrogens is 378 g/mol. The smallest absolute Gasteiger partial charge is 0.255 e. The lowest BCUT2D eigenvalue weighted by Gasteiger charge is -2.27. The maximum Gasteiger partial charge on any atom is 0.255 e. The van der Waals surface area contributed by atoms with Gasteiger partial charge in [0.1, 0.15) is 11.6 Å². The molecule has 2 aromatic heterocycles. The molecule has 1 saturated heterocycles. The molecule has 4 rings (SSSR count). The molecule has 1 fully saturated rings. The molecule has 0 aliphatic carbocycles. The molecular formula is C21H22F2N4O2. The number of pyridine rings is 1. The summed E-state index contributed by atoms with van der Waals surface area (Å²) in [5.41, 5.74) is 2.15. The van der Waals surface area contributed by atoms with Crippen molar-refractivity contribution in [2.75, 3.05) is 18.1 Å². The number of aromatic nitrogens is 2. The quantitative estimate of drug-likeness (QED) is 0.691. The van der Waals surface area contributed by atoms with Crippen molar-refractivity contribution in [3.8, 4) is 0 Å². The normalized spacial score (nSPS) is 17.7. The van der Waals surface area contributed by atoms with Crippen molar-refractivity contribution >= 4 is 17.1 Å². The van der Waals surface area contributed by atoms with Crippen LogP contribution in [0.4, 0.5) is 14.5 Å². The molecule has 1 aliphatic rings. The van der Waals surface area contributed by atoms with Crippen LogP contribution < -0.4 is 10.2 Å². The Morgan fingerprint density at radius 1 is 1.34 bits per heavy atom. The van der Waals surface area contributed by atoms with Gasteiger partial charge in [0.05, 0.1) is 29.9 Å². The first-order chi connectivity index (χ1) is 14.0. The summed E-state index contributed by atoms with van der Waals surface area (Å²) in [7, 11) is 0. The Bertz CT molecular complexity index is 1050. The van der Waals surface area contributed by atoms with Crippen molar-refractivity contribution in [1.82, 2.24) is 14.9 Å². The minimum absolute atomic E-state index is 0.162. The molecule has 6 nitrogen and oxygen atoms in total. The van der Waals surface area contributed by atoms with Crippen molar-refractivity contribution in [1.29, 1.82) is 0 Å². The molecule has 3 aromatic rings. The number of hydrogen-bond donors (Lipinski definition) is 2. The Morgan fingerprint density at radius 3 is 2.97 bits per heavy atom. The van der Waals surface area contributed by atoms with Gasteiger partial charge in [-0.2, -0.15) is 5.10 Å². The van der Waals surface area contributed by atoms with E-state index in [4.69, 9.17) is 5.11 Å². The fourth-order valence-corrected chi connectivity index (χ4v) is 3.84. The molecule has 0 spiro atoms. The molecule has 1 amide bonds. The first-order valence-electron chi connectivity index (χ1n) is 9.58. The van der Waals surface area contributed by atoms with Crippen LogP contribution in [0.1, 0.15) is 41.7 Å². The highest BCUT2D eigenvalue weighted by Gasteiger charge is 2.29. The van der Waals surface area contributed by atoms with Gasteiger partial charge in [0.15, 0.2) is 0 Å². The number of anilines is 1. The van der Waals surface area contributed by atoms with Crippen LogP contribution in [0.3, 0.4) is 0 Å². The SMILES string of the molecule is C[C@@H](CO)NC(=O)c1cnn2ccc(N3CCC[C@@H]3c3cc(F)ccc3F)cc12. The van der Waals surface area contributed by atoms with Gasteiger partial charge in [-0.05, 0) is 50.1 Å². The lowest BCUT2D eigenvalue weighted by molar-refractivity contribution is 0.0924. The molecule has 1 aliphatic heterocycles. The number of amides is 1. The van der Waals surface area contributed by atoms with Crippen molar-refractivity contribution in [3.05, 3.63) is 65.5 Å². The van der Waals surface area contributed by atoms with Crippen LogP contribution in [-0.2, 0) is 0 Å². The summed E-state index contributed by atoms with van der Waals surface area (Å²) in [6.07, 6.45) is 4.79. The third-order valence-electron chi connectivity index (χ3n) is 5.30. The van der Waals surface area contributed by atoms with E-state index >= 15 is 0 Å². The third-order valence-corrected chi connectivity index (χ3v) is 5.30. The highest BCUT2D eigenvalue weighted by atomic mass is 19.1. The molecule has 29 heavy (non-hydrogen) atoms. The number of carbonyl (C=O) groups excluding carboxylic acids is 1. The van der Waals surface area contributed by atoms with Gasteiger partial charge < -0.3 is 15.3 Å². The van der Waals surface area contributed by atoms with Gasteiger partial charge in [0.25, 0.3) is 5.91 Å². The maximum absolute atomic E-state index is 14.4. The van der Waals surface area contributed by atoms with Crippen LogP contribution in [0.2, 0.25) is 0 Å². The summed E-state index contributed by atoms with van der Waals surface area (Å²) in [4.78, 5) is 14.5. The zero-order chi connectivity index (χ0) is 20.5. The summed E-state index contributed by atoms with van der Waals surface area (Å²) >= 11 is 0. The molecule has 2 atom stereocenters. The monoisotopic (exact) mass is 400 g/mol. The minimum atomic E-state index is -0.462. The second-order valence-electron chi connectivity index (χ2n) is 7.35. The molecule has 0 unspecified atom stereocenters. The van der Waals surface area contributed by atoms with Crippen LogP contribution in [0, 0.1) is 11.6 Å². The number of nitrogens with one attached hydrogen (secondary N) is 1. The van der Waals surface area contributed by atoms with Gasteiger partial charge in [0.2, 0.25) is 0 Å². The van der Waals surface area contributed by atoms with Gasteiger partial charge >= 0.3 is 0 Å². The van der Waals surface area contributed by atoms with E-state index in [0.717, 1.165) is 24.2 Å². The Labute approximate surface area is 166 Å². The molecule has 8 heteroatoms. The minimum Gasteiger partial charge on any atom is -0.394 e. The first-order valence-corrected chi connectivity index (χ1v) is 9.58. The van der Waals surface area contributed by atoms with Crippen LogP contribution in [0.25, 0.3) is 5.52 Å². The zero-order valence-corrected chi connectivity index (χ0v) is 16.0.